The molecule has 0 radical (unpaired) electrons. The summed E-state index contributed by atoms with van der Waals surface area (Å²) in [7, 11) is 1.37. The van der Waals surface area contributed by atoms with Gasteiger partial charge in [-0.15, -0.1) is 11.3 Å². The molecule has 0 atom stereocenters. The number of thiazole rings is 1. The number of ether oxygens (including phenoxy) is 2. The number of methoxy groups -OCH3 is 1. The molecule has 0 N–H and O–H groups in total. The molecular weight excluding hydrogens is 286 g/mol. The second-order valence-electron chi connectivity index (χ2n) is 5.00. The van der Waals surface area contributed by atoms with Crippen LogP contribution in [0.15, 0.2) is 29.6 Å². The topological polar surface area (TPSA) is 48.4 Å². The standard InChI is InChI=1S/C16H19NO3S/c1-11(2)12-4-6-14(7-5-12)20-9-15-17-13(10-21-15)8-16(18)19-3/h4-7,10-11H,8-9H2,1-3H3. The van der Waals surface area contributed by atoms with Crippen molar-refractivity contribution < 1.29 is 14.3 Å². The molecule has 1 heterocycles. The van der Waals surface area contributed by atoms with E-state index in [1.807, 2.05) is 17.5 Å². The Bertz CT molecular complexity index is 590. The fraction of sp³-hybridized carbons (Fsp3) is 0.375. The zero-order valence-electron chi connectivity index (χ0n) is 12.5. The number of esters is 1. The van der Waals surface area contributed by atoms with Crippen molar-refractivity contribution in [3.8, 4) is 5.75 Å². The number of aromatic nitrogens is 1. The summed E-state index contributed by atoms with van der Waals surface area (Å²) in [6, 6.07) is 8.09. The van der Waals surface area contributed by atoms with Crippen molar-refractivity contribution in [1.29, 1.82) is 0 Å². The lowest BCUT2D eigenvalue weighted by Gasteiger charge is -2.07. The molecule has 0 aliphatic heterocycles. The average Bonchev–Trinajstić information content (AvgIpc) is 2.93. The van der Waals surface area contributed by atoms with E-state index in [2.05, 4.69) is 35.7 Å². The molecule has 2 rings (SSSR count). The lowest BCUT2D eigenvalue weighted by atomic mass is 10.0. The maximum absolute atomic E-state index is 11.2. The van der Waals surface area contributed by atoms with E-state index in [-0.39, 0.29) is 12.4 Å². The molecule has 2 aromatic rings. The van der Waals surface area contributed by atoms with Crippen molar-refractivity contribution >= 4 is 17.3 Å². The summed E-state index contributed by atoms with van der Waals surface area (Å²) < 4.78 is 10.3. The van der Waals surface area contributed by atoms with Crippen LogP contribution >= 0.6 is 11.3 Å². The SMILES string of the molecule is COC(=O)Cc1csc(COc2ccc(C(C)C)cc2)n1. The molecule has 0 bridgehead atoms. The minimum absolute atomic E-state index is 0.204. The van der Waals surface area contributed by atoms with Crippen molar-refractivity contribution in [2.75, 3.05) is 7.11 Å². The second kappa shape index (κ2) is 7.22. The van der Waals surface area contributed by atoms with Gasteiger partial charge in [0.05, 0.1) is 19.2 Å². The van der Waals surface area contributed by atoms with Crippen LogP contribution in [-0.2, 0) is 22.6 Å². The van der Waals surface area contributed by atoms with Crippen LogP contribution < -0.4 is 4.74 Å². The van der Waals surface area contributed by atoms with Gasteiger partial charge in [0, 0.05) is 5.38 Å². The highest BCUT2D eigenvalue weighted by atomic mass is 32.1. The number of nitrogens with zero attached hydrogens (tertiary/aromatic N) is 1. The first kappa shape index (κ1) is 15.5. The molecule has 0 spiro atoms. The van der Waals surface area contributed by atoms with Gasteiger partial charge in [-0.3, -0.25) is 4.79 Å². The minimum atomic E-state index is -0.281. The zero-order valence-corrected chi connectivity index (χ0v) is 13.3. The molecule has 21 heavy (non-hydrogen) atoms. The summed E-state index contributed by atoms with van der Waals surface area (Å²) in [5.74, 6) is 1.06. The minimum Gasteiger partial charge on any atom is -0.486 e. The average molecular weight is 305 g/mol. The molecule has 0 saturated carbocycles. The van der Waals surface area contributed by atoms with E-state index in [9.17, 15) is 4.79 Å². The molecule has 0 saturated heterocycles. The van der Waals surface area contributed by atoms with Crippen LogP contribution in [0.2, 0.25) is 0 Å². The number of rotatable bonds is 6. The first-order valence-electron chi connectivity index (χ1n) is 6.81. The Labute approximate surface area is 128 Å². The lowest BCUT2D eigenvalue weighted by molar-refractivity contribution is -0.139. The van der Waals surface area contributed by atoms with E-state index in [0.29, 0.717) is 12.5 Å². The summed E-state index contributed by atoms with van der Waals surface area (Å²) in [5.41, 5.74) is 2.01. The van der Waals surface area contributed by atoms with Gasteiger partial charge in [0.25, 0.3) is 0 Å². The van der Waals surface area contributed by atoms with Gasteiger partial charge in [-0.05, 0) is 23.6 Å². The Balaban J connectivity index is 1.89. The third-order valence-electron chi connectivity index (χ3n) is 3.06. The normalized spacial score (nSPS) is 10.7. The van der Waals surface area contributed by atoms with Crippen LogP contribution in [0.25, 0.3) is 0 Å². The van der Waals surface area contributed by atoms with E-state index in [1.165, 1.54) is 24.0 Å². The first-order valence-corrected chi connectivity index (χ1v) is 7.69. The van der Waals surface area contributed by atoms with E-state index in [1.54, 1.807) is 0 Å². The third-order valence-corrected chi connectivity index (χ3v) is 3.93. The van der Waals surface area contributed by atoms with E-state index < -0.39 is 0 Å². The van der Waals surface area contributed by atoms with Gasteiger partial charge >= 0.3 is 5.97 Å². The van der Waals surface area contributed by atoms with Crippen LogP contribution in [-0.4, -0.2) is 18.1 Å². The predicted octanol–water partition coefficient (Wildman–Crippen LogP) is 3.56. The first-order chi connectivity index (χ1) is 10.1. The quantitative estimate of drug-likeness (QED) is 0.766. The maximum atomic E-state index is 11.2. The van der Waals surface area contributed by atoms with Gasteiger partial charge in [-0.2, -0.15) is 0 Å². The lowest BCUT2D eigenvalue weighted by Crippen LogP contribution is -2.05. The summed E-state index contributed by atoms with van der Waals surface area (Å²) in [4.78, 5) is 15.5. The van der Waals surface area contributed by atoms with E-state index in [0.717, 1.165) is 16.5 Å². The van der Waals surface area contributed by atoms with Crippen LogP contribution in [0.1, 0.15) is 36.0 Å². The number of carbonyl (C=O) groups is 1. The molecule has 112 valence electrons. The smallest absolute Gasteiger partial charge is 0.311 e. The molecule has 1 aromatic heterocycles. The van der Waals surface area contributed by atoms with Crippen LogP contribution in [0.3, 0.4) is 0 Å². The summed E-state index contributed by atoms with van der Waals surface area (Å²) in [6.07, 6.45) is 0.204. The van der Waals surface area contributed by atoms with E-state index >= 15 is 0 Å². The highest BCUT2D eigenvalue weighted by Gasteiger charge is 2.08. The summed E-state index contributed by atoms with van der Waals surface area (Å²) in [6.45, 7) is 4.73. The Morgan fingerprint density at radius 1 is 1.29 bits per heavy atom. The van der Waals surface area contributed by atoms with Gasteiger partial charge < -0.3 is 9.47 Å². The third kappa shape index (κ3) is 4.56. The van der Waals surface area contributed by atoms with Crippen molar-refractivity contribution in [3.63, 3.8) is 0 Å². The van der Waals surface area contributed by atoms with E-state index in [4.69, 9.17) is 4.74 Å². The van der Waals surface area contributed by atoms with Gasteiger partial charge in [0.1, 0.15) is 17.4 Å². The fourth-order valence-corrected chi connectivity index (χ4v) is 2.52. The van der Waals surface area contributed by atoms with Crippen LogP contribution in [0, 0.1) is 0 Å². The molecule has 0 amide bonds. The molecule has 4 nitrogen and oxygen atoms in total. The molecule has 0 aliphatic carbocycles. The molecule has 0 unspecified atom stereocenters. The highest BCUT2D eigenvalue weighted by molar-refractivity contribution is 7.09. The van der Waals surface area contributed by atoms with Crippen molar-refractivity contribution in [3.05, 3.63) is 45.9 Å². The monoisotopic (exact) mass is 305 g/mol. The molecule has 5 heteroatoms. The number of hydrogen-bond acceptors (Lipinski definition) is 5. The number of carbonyl (C=O) groups excluding carboxylic acids is 1. The van der Waals surface area contributed by atoms with Gasteiger partial charge in [0.2, 0.25) is 0 Å². The Hall–Kier alpha value is -1.88. The maximum Gasteiger partial charge on any atom is 0.311 e. The number of hydrogen-bond donors (Lipinski definition) is 0. The van der Waals surface area contributed by atoms with Crippen LogP contribution in [0.4, 0.5) is 0 Å². The Morgan fingerprint density at radius 3 is 2.62 bits per heavy atom. The number of benzene rings is 1. The highest BCUT2D eigenvalue weighted by Crippen LogP contribution is 2.20. The molecule has 0 aliphatic rings. The molecular formula is C16H19NO3S. The largest absolute Gasteiger partial charge is 0.486 e. The zero-order chi connectivity index (χ0) is 15.2. The van der Waals surface area contributed by atoms with Crippen molar-refractivity contribution in [1.82, 2.24) is 4.98 Å². The van der Waals surface area contributed by atoms with Gasteiger partial charge in [-0.1, -0.05) is 26.0 Å². The Kier molecular flexibility index (Phi) is 5.33. The summed E-state index contributed by atoms with van der Waals surface area (Å²) >= 11 is 1.49. The van der Waals surface area contributed by atoms with Gasteiger partial charge in [-0.25, -0.2) is 4.98 Å². The predicted molar refractivity (Wildman–Crippen MR) is 82.7 cm³/mol. The van der Waals surface area contributed by atoms with Crippen LogP contribution in [0.5, 0.6) is 5.75 Å². The summed E-state index contributed by atoms with van der Waals surface area (Å²) in [5, 5.41) is 2.71. The van der Waals surface area contributed by atoms with Crippen molar-refractivity contribution in [2.45, 2.75) is 32.8 Å². The van der Waals surface area contributed by atoms with Crippen molar-refractivity contribution in [2.24, 2.45) is 0 Å². The molecule has 1 aromatic carbocycles. The Morgan fingerprint density at radius 2 is 2.00 bits per heavy atom. The molecule has 0 fully saturated rings. The second-order valence-corrected chi connectivity index (χ2v) is 5.94. The fourth-order valence-electron chi connectivity index (χ4n) is 1.81. The van der Waals surface area contributed by atoms with Gasteiger partial charge in [0.15, 0.2) is 0 Å².